The third kappa shape index (κ3) is 2.56. The molecule has 0 fully saturated rings. The normalized spacial score (nSPS) is 12.2. The first-order valence-electron chi connectivity index (χ1n) is 7.17. The van der Waals surface area contributed by atoms with E-state index in [0.29, 0.717) is 13.1 Å². The lowest BCUT2D eigenvalue weighted by atomic mass is 10.1. The molecule has 2 N–H and O–H groups in total. The Morgan fingerprint density at radius 2 is 2.05 bits per heavy atom. The van der Waals surface area contributed by atoms with Gasteiger partial charge in [0.2, 0.25) is 0 Å². The number of benzene rings is 1. The van der Waals surface area contributed by atoms with E-state index in [-0.39, 0.29) is 5.54 Å². The van der Waals surface area contributed by atoms with Crippen LogP contribution < -0.4 is 5.73 Å². The van der Waals surface area contributed by atoms with Gasteiger partial charge in [0, 0.05) is 24.5 Å². The zero-order chi connectivity index (χ0) is 15.0. The van der Waals surface area contributed by atoms with Crippen LogP contribution in [0, 0.1) is 0 Å². The number of hydrogen-bond donors (Lipinski definition) is 1. The van der Waals surface area contributed by atoms with Crippen LogP contribution in [0.4, 0.5) is 0 Å². The summed E-state index contributed by atoms with van der Waals surface area (Å²) in [6, 6.07) is 8.19. The zero-order valence-corrected chi connectivity index (χ0v) is 12.7. The number of fused-ring (bicyclic) bond motifs is 1. The Morgan fingerprint density at radius 1 is 1.24 bits per heavy atom. The van der Waals surface area contributed by atoms with Crippen molar-refractivity contribution < 1.29 is 0 Å². The van der Waals surface area contributed by atoms with Crippen molar-refractivity contribution in [3.05, 3.63) is 48.0 Å². The molecule has 0 aliphatic rings. The maximum absolute atomic E-state index is 5.73. The molecule has 0 saturated carbocycles. The Bertz CT molecular complexity index is 747. The van der Waals surface area contributed by atoms with E-state index < -0.39 is 0 Å². The molecule has 21 heavy (non-hydrogen) atoms. The quantitative estimate of drug-likeness (QED) is 0.803. The topological polar surface area (TPSA) is 61.7 Å². The predicted molar refractivity (Wildman–Crippen MR) is 83.9 cm³/mol. The molecule has 2 aromatic heterocycles. The zero-order valence-electron chi connectivity index (χ0n) is 12.7. The van der Waals surface area contributed by atoms with Crippen LogP contribution in [-0.4, -0.2) is 19.3 Å². The Hall–Kier alpha value is -2.14. The average molecular weight is 283 g/mol. The lowest BCUT2D eigenvalue weighted by Crippen LogP contribution is -2.25. The van der Waals surface area contributed by atoms with Gasteiger partial charge < -0.3 is 10.3 Å². The summed E-state index contributed by atoms with van der Waals surface area (Å²) in [6.45, 7) is 7.77. The van der Waals surface area contributed by atoms with Crippen LogP contribution in [0.25, 0.3) is 11.0 Å². The Kier molecular flexibility index (Phi) is 3.29. The molecule has 1 aromatic carbocycles. The smallest absolute Gasteiger partial charge is 0.132 e. The Balaban J connectivity index is 2.17. The van der Waals surface area contributed by atoms with E-state index in [2.05, 4.69) is 48.6 Å². The maximum atomic E-state index is 5.73. The average Bonchev–Trinajstić information content (AvgIpc) is 3.03. The summed E-state index contributed by atoms with van der Waals surface area (Å²) in [5.41, 5.74) is 8.93. The van der Waals surface area contributed by atoms with Crippen LogP contribution in [-0.2, 0) is 18.6 Å². The van der Waals surface area contributed by atoms with Gasteiger partial charge in [-0.05, 0) is 44.5 Å². The lowest BCUT2D eigenvalue weighted by molar-refractivity contribution is 0.388. The SMILES string of the molecule is CC(C)(C)n1c(Cn2cccn2)nc2cc(CN)ccc21. The summed E-state index contributed by atoms with van der Waals surface area (Å²) >= 11 is 0. The van der Waals surface area contributed by atoms with Gasteiger partial charge in [-0.2, -0.15) is 5.10 Å². The molecule has 0 amide bonds. The molecule has 5 heteroatoms. The molecular formula is C16H21N5. The summed E-state index contributed by atoms with van der Waals surface area (Å²) in [6.07, 6.45) is 3.74. The van der Waals surface area contributed by atoms with E-state index in [1.54, 1.807) is 6.20 Å². The number of aromatic nitrogens is 4. The molecule has 0 unspecified atom stereocenters. The second-order valence-electron chi connectivity index (χ2n) is 6.27. The van der Waals surface area contributed by atoms with E-state index in [1.807, 2.05) is 16.9 Å². The molecule has 0 aliphatic carbocycles. The summed E-state index contributed by atoms with van der Waals surface area (Å²) in [7, 11) is 0. The summed E-state index contributed by atoms with van der Waals surface area (Å²) in [5, 5.41) is 4.28. The minimum Gasteiger partial charge on any atom is -0.326 e. The fourth-order valence-corrected chi connectivity index (χ4v) is 2.70. The third-order valence-corrected chi connectivity index (χ3v) is 3.56. The van der Waals surface area contributed by atoms with Gasteiger partial charge in [0.15, 0.2) is 0 Å². The highest BCUT2D eigenvalue weighted by Gasteiger charge is 2.21. The first-order chi connectivity index (χ1) is 9.99. The number of nitrogens with zero attached hydrogens (tertiary/aromatic N) is 4. The van der Waals surface area contributed by atoms with Crippen molar-refractivity contribution in [1.29, 1.82) is 0 Å². The molecule has 0 atom stereocenters. The highest BCUT2D eigenvalue weighted by atomic mass is 15.3. The standard InChI is InChI=1S/C16H21N5/c1-16(2,3)21-14-6-5-12(10-17)9-13(14)19-15(21)11-20-8-4-7-18-20/h4-9H,10-11,17H2,1-3H3. The van der Waals surface area contributed by atoms with Gasteiger partial charge in [-0.15, -0.1) is 0 Å². The van der Waals surface area contributed by atoms with Crippen molar-refractivity contribution >= 4 is 11.0 Å². The number of rotatable bonds is 3. The number of hydrogen-bond acceptors (Lipinski definition) is 3. The fraction of sp³-hybridized carbons (Fsp3) is 0.375. The van der Waals surface area contributed by atoms with Gasteiger partial charge in [-0.1, -0.05) is 6.07 Å². The molecule has 110 valence electrons. The molecule has 0 radical (unpaired) electrons. The van der Waals surface area contributed by atoms with Gasteiger partial charge in [0.05, 0.1) is 17.6 Å². The van der Waals surface area contributed by atoms with Crippen molar-refractivity contribution in [3.63, 3.8) is 0 Å². The first-order valence-corrected chi connectivity index (χ1v) is 7.17. The number of imidazole rings is 1. The lowest BCUT2D eigenvalue weighted by Gasteiger charge is -2.24. The fourth-order valence-electron chi connectivity index (χ4n) is 2.70. The van der Waals surface area contributed by atoms with E-state index in [9.17, 15) is 0 Å². The van der Waals surface area contributed by atoms with Crippen LogP contribution in [0.2, 0.25) is 0 Å². The molecular weight excluding hydrogens is 262 g/mol. The molecule has 3 aromatic rings. The highest BCUT2D eigenvalue weighted by molar-refractivity contribution is 5.77. The molecule has 3 rings (SSSR count). The second-order valence-corrected chi connectivity index (χ2v) is 6.27. The highest BCUT2D eigenvalue weighted by Crippen LogP contribution is 2.26. The van der Waals surface area contributed by atoms with Crippen LogP contribution in [0.5, 0.6) is 0 Å². The molecule has 5 nitrogen and oxygen atoms in total. The van der Waals surface area contributed by atoms with Crippen molar-refractivity contribution in [2.24, 2.45) is 5.73 Å². The van der Waals surface area contributed by atoms with Gasteiger partial charge in [0.1, 0.15) is 5.82 Å². The molecule has 0 aliphatic heterocycles. The van der Waals surface area contributed by atoms with Crippen LogP contribution >= 0.6 is 0 Å². The minimum atomic E-state index is -0.0402. The van der Waals surface area contributed by atoms with Crippen molar-refractivity contribution in [1.82, 2.24) is 19.3 Å². The molecule has 0 bridgehead atoms. The summed E-state index contributed by atoms with van der Waals surface area (Å²) in [5.74, 6) is 1.01. The van der Waals surface area contributed by atoms with Gasteiger partial charge in [-0.25, -0.2) is 4.98 Å². The van der Waals surface area contributed by atoms with Gasteiger partial charge in [-0.3, -0.25) is 4.68 Å². The first kappa shape index (κ1) is 13.8. The van der Waals surface area contributed by atoms with E-state index in [4.69, 9.17) is 10.7 Å². The van der Waals surface area contributed by atoms with Crippen molar-refractivity contribution in [3.8, 4) is 0 Å². The monoisotopic (exact) mass is 283 g/mol. The Morgan fingerprint density at radius 3 is 2.67 bits per heavy atom. The van der Waals surface area contributed by atoms with E-state index in [1.165, 1.54) is 0 Å². The number of nitrogens with two attached hydrogens (primary N) is 1. The predicted octanol–water partition coefficient (Wildman–Crippen LogP) is 2.49. The Labute approximate surface area is 124 Å². The molecule has 0 saturated heterocycles. The van der Waals surface area contributed by atoms with Crippen molar-refractivity contribution in [2.45, 2.75) is 39.4 Å². The van der Waals surface area contributed by atoms with E-state index >= 15 is 0 Å². The second kappa shape index (κ2) is 5.00. The summed E-state index contributed by atoms with van der Waals surface area (Å²) < 4.78 is 4.18. The minimum absolute atomic E-state index is 0.0402. The molecule has 2 heterocycles. The summed E-state index contributed by atoms with van der Waals surface area (Å²) in [4.78, 5) is 4.81. The maximum Gasteiger partial charge on any atom is 0.132 e. The third-order valence-electron chi connectivity index (χ3n) is 3.56. The van der Waals surface area contributed by atoms with Crippen LogP contribution in [0.1, 0.15) is 32.2 Å². The van der Waals surface area contributed by atoms with Gasteiger partial charge >= 0.3 is 0 Å². The van der Waals surface area contributed by atoms with Crippen LogP contribution in [0.3, 0.4) is 0 Å². The van der Waals surface area contributed by atoms with E-state index in [0.717, 1.165) is 22.4 Å². The van der Waals surface area contributed by atoms with Crippen molar-refractivity contribution in [2.75, 3.05) is 0 Å². The van der Waals surface area contributed by atoms with Gasteiger partial charge in [0.25, 0.3) is 0 Å². The largest absolute Gasteiger partial charge is 0.326 e. The van der Waals surface area contributed by atoms with Crippen LogP contribution in [0.15, 0.2) is 36.7 Å². The molecule has 0 spiro atoms.